The van der Waals surface area contributed by atoms with Crippen molar-refractivity contribution < 1.29 is 0 Å². The number of hydrogen-bond acceptors (Lipinski definition) is 1. The first-order valence-electron chi connectivity index (χ1n) is 26.3. The van der Waals surface area contributed by atoms with Crippen LogP contribution in [0.15, 0.2) is 133 Å². The van der Waals surface area contributed by atoms with Crippen molar-refractivity contribution in [3.63, 3.8) is 0 Å². The van der Waals surface area contributed by atoms with Crippen LogP contribution in [0, 0.1) is 0 Å². The van der Waals surface area contributed by atoms with Crippen LogP contribution in [0.4, 0.5) is 5.69 Å². The summed E-state index contributed by atoms with van der Waals surface area (Å²) in [7, 11) is 0. The van der Waals surface area contributed by atoms with Crippen LogP contribution in [0.2, 0.25) is 0 Å². The summed E-state index contributed by atoms with van der Waals surface area (Å²) in [6, 6.07) is 50.9. The zero-order valence-electron chi connectivity index (χ0n) is 45.5. The zero-order chi connectivity index (χ0) is 50.4. The molecule has 0 N–H and O–H groups in total. The Morgan fingerprint density at radius 3 is 1.49 bits per heavy atom. The molecule has 0 spiro atoms. The minimum Gasteiger partial charge on any atom is -0.379 e. The average Bonchev–Trinajstić information content (AvgIpc) is 3.88. The van der Waals surface area contributed by atoms with Gasteiger partial charge in [0.1, 0.15) is 0 Å². The Hall–Kier alpha value is -6.26. The minimum atomic E-state index is -0.260. The summed E-state index contributed by atoms with van der Waals surface area (Å²) in [5.41, 5.74) is 24.9. The molecule has 0 unspecified atom stereocenters. The molecule has 0 saturated heterocycles. The number of rotatable bonds is 2. The molecule has 9 aromatic rings. The van der Waals surface area contributed by atoms with E-state index in [-0.39, 0.29) is 39.3 Å². The van der Waals surface area contributed by atoms with Gasteiger partial charge in [-0.15, -0.1) is 0 Å². The maximum atomic E-state index is 2.79. The summed E-state index contributed by atoms with van der Waals surface area (Å²) < 4.78 is 5.25. The molecule has 1 aliphatic carbocycles. The zero-order valence-corrected chi connectivity index (χ0v) is 45.5. The van der Waals surface area contributed by atoms with Gasteiger partial charge in [0.15, 0.2) is 0 Å². The van der Waals surface area contributed by atoms with Crippen molar-refractivity contribution in [2.75, 3.05) is 4.81 Å². The van der Waals surface area contributed by atoms with Gasteiger partial charge in [0, 0.05) is 55.3 Å². The van der Waals surface area contributed by atoms with E-state index in [0.717, 1.165) is 0 Å². The summed E-state index contributed by atoms with van der Waals surface area (Å²) in [6.45, 7) is 40.1. The minimum absolute atomic E-state index is 0.00354. The third-order valence-corrected chi connectivity index (χ3v) is 16.8. The number of nitrogens with zero attached hydrogens (tertiary/aromatic N) is 3. The molecule has 0 saturated carbocycles. The van der Waals surface area contributed by atoms with E-state index in [9.17, 15) is 0 Å². The highest BCUT2D eigenvalue weighted by molar-refractivity contribution is 6.92. The lowest BCUT2D eigenvalue weighted by molar-refractivity contribution is 0.589. The summed E-state index contributed by atoms with van der Waals surface area (Å²) in [4.78, 5) is 2.79. The quantitative estimate of drug-likeness (QED) is 0.157. The normalized spacial score (nSPS) is 15.7. The van der Waals surface area contributed by atoms with Crippen molar-refractivity contribution in [3.05, 3.63) is 178 Å². The standard InChI is InChI=1S/C67H72BN3/c1-62(2,3)39-22-27-44(28-23-39)69-54-31-26-41(64(7,8)9)32-47(54)48-37-56-49(38-55(48)69)50-33-42(65(10,11)12)35-53-60(50)70(56)57-36-43(66(13,14)15)34-51-58-46-20-18-19-21-52(46)67(16,17)61(58)71(68(53)59(51)57)45-29-24-40(25-30-45)63(4,5)6/h18-38H,1-17H3. The Morgan fingerprint density at radius 2 is 0.901 bits per heavy atom. The molecule has 71 heavy (non-hydrogen) atoms. The van der Waals surface area contributed by atoms with Gasteiger partial charge in [0.25, 0.3) is 0 Å². The fraction of sp³-hybridized carbons (Fsp3) is 0.343. The molecule has 4 heterocycles. The fourth-order valence-corrected chi connectivity index (χ4v) is 12.6. The predicted molar refractivity (Wildman–Crippen MR) is 308 cm³/mol. The first-order chi connectivity index (χ1) is 33.1. The number of hydrogen-bond donors (Lipinski definition) is 0. The maximum absolute atomic E-state index is 2.79. The van der Waals surface area contributed by atoms with Gasteiger partial charge >= 0.3 is 6.85 Å². The molecule has 0 fully saturated rings. The van der Waals surface area contributed by atoms with Crippen LogP contribution in [0.3, 0.4) is 0 Å². The van der Waals surface area contributed by atoms with Crippen LogP contribution >= 0.6 is 0 Å². The molecule has 0 atom stereocenters. The molecule has 0 bridgehead atoms. The topological polar surface area (TPSA) is 13.1 Å². The second-order valence-electron chi connectivity index (χ2n) is 27.2. The number of anilines is 1. The van der Waals surface area contributed by atoms with Gasteiger partial charge in [0.2, 0.25) is 0 Å². The molecule has 358 valence electrons. The highest BCUT2D eigenvalue weighted by atomic mass is 15.1. The van der Waals surface area contributed by atoms with E-state index in [1.165, 1.54) is 127 Å². The van der Waals surface area contributed by atoms with Crippen molar-refractivity contribution in [3.8, 4) is 11.4 Å². The molecule has 0 radical (unpaired) electrons. The SMILES string of the molecule is CC(C)(C)c1ccc(N2B3c4c(cc(C(C)(C)C)cc4-n4c5cc6c7cc(C(C)(C)C)ccc7n(-c7ccc(C(C)(C)C)cc7)c6cc5c5cc(C(C)(C)C)cc3c54)C3=C2C(C)(C)c2ccccc23)cc1. The number of allylic oxidation sites excluding steroid dienone is 1. The van der Waals surface area contributed by atoms with Crippen LogP contribution in [-0.2, 0) is 32.5 Å². The van der Waals surface area contributed by atoms with E-state index < -0.39 is 0 Å². The lowest BCUT2D eigenvalue weighted by Crippen LogP contribution is -2.64. The molecule has 7 aromatic carbocycles. The number of fused-ring (bicyclic) bond motifs is 11. The second-order valence-corrected chi connectivity index (χ2v) is 27.2. The van der Waals surface area contributed by atoms with Crippen molar-refractivity contribution in [1.82, 2.24) is 9.13 Å². The van der Waals surface area contributed by atoms with Crippen molar-refractivity contribution in [2.24, 2.45) is 0 Å². The van der Waals surface area contributed by atoms with Gasteiger partial charge in [-0.25, -0.2) is 0 Å². The average molecular weight is 930 g/mol. The Labute approximate surface area is 423 Å². The van der Waals surface area contributed by atoms with Crippen molar-refractivity contribution in [1.29, 1.82) is 0 Å². The number of aromatic nitrogens is 2. The second kappa shape index (κ2) is 14.5. The van der Waals surface area contributed by atoms with Crippen molar-refractivity contribution in [2.45, 2.75) is 150 Å². The first kappa shape index (κ1) is 45.9. The Bertz CT molecular complexity index is 3770. The molecule has 2 aromatic heterocycles. The van der Waals surface area contributed by atoms with Gasteiger partial charge in [0.05, 0.1) is 22.1 Å². The monoisotopic (exact) mass is 930 g/mol. The van der Waals surface area contributed by atoms with E-state index in [4.69, 9.17) is 0 Å². The van der Waals surface area contributed by atoms with Gasteiger partial charge < -0.3 is 13.9 Å². The van der Waals surface area contributed by atoms with Gasteiger partial charge in [-0.05, 0) is 143 Å². The molecule has 2 aliphatic heterocycles. The molecular weight excluding hydrogens is 858 g/mol. The Kier molecular flexibility index (Phi) is 9.34. The summed E-state index contributed by atoms with van der Waals surface area (Å²) >= 11 is 0. The molecule has 4 heteroatoms. The Balaban J connectivity index is 1.27. The van der Waals surface area contributed by atoms with E-state index in [1.807, 2.05) is 0 Å². The molecule has 0 amide bonds. The maximum Gasteiger partial charge on any atom is 0.332 e. The smallest absolute Gasteiger partial charge is 0.332 e. The van der Waals surface area contributed by atoms with E-state index in [1.54, 1.807) is 0 Å². The summed E-state index contributed by atoms with van der Waals surface area (Å²) in [5, 5.41) is 5.21. The Morgan fingerprint density at radius 1 is 0.408 bits per heavy atom. The van der Waals surface area contributed by atoms with Crippen molar-refractivity contribution >= 4 is 72.6 Å². The third-order valence-electron chi connectivity index (χ3n) is 16.8. The number of benzene rings is 7. The van der Waals surface area contributed by atoms with Gasteiger partial charge in [-0.3, -0.25) is 0 Å². The molecule has 3 nitrogen and oxygen atoms in total. The third kappa shape index (κ3) is 6.61. The van der Waals surface area contributed by atoms with Crippen LogP contribution in [-0.4, -0.2) is 16.0 Å². The molecule has 3 aliphatic rings. The van der Waals surface area contributed by atoms with Crippen LogP contribution < -0.4 is 15.7 Å². The largest absolute Gasteiger partial charge is 0.379 e. The fourth-order valence-electron chi connectivity index (χ4n) is 12.6. The van der Waals surface area contributed by atoms with E-state index in [0.29, 0.717) is 0 Å². The van der Waals surface area contributed by atoms with E-state index in [2.05, 4.69) is 259 Å². The van der Waals surface area contributed by atoms with Crippen LogP contribution in [0.1, 0.15) is 162 Å². The van der Waals surface area contributed by atoms with Gasteiger partial charge in [-0.2, -0.15) is 0 Å². The predicted octanol–water partition coefficient (Wildman–Crippen LogP) is 16.4. The van der Waals surface area contributed by atoms with Crippen LogP contribution in [0.5, 0.6) is 0 Å². The highest BCUT2D eigenvalue weighted by Gasteiger charge is 2.52. The summed E-state index contributed by atoms with van der Waals surface area (Å²) in [5.74, 6) is 0. The molecular formula is C67H72BN3. The van der Waals surface area contributed by atoms with Crippen LogP contribution in [0.25, 0.3) is 60.6 Å². The van der Waals surface area contributed by atoms with Gasteiger partial charge in [-0.1, -0.05) is 184 Å². The molecule has 12 rings (SSSR count). The van der Waals surface area contributed by atoms with E-state index >= 15 is 0 Å². The highest BCUT2D eigenvalue weighted by Crippen LogP contribution is 2.55. The lowest BCUT2D eigenvalue weighted by Gasteiger charge is -2.46. The summed E-state index contributed by atoms with van der Waals surface area (Å²) in [6.07, 6.45) is 0. The first-order valence-corrected chi connectivity index (χ1v) is 26.3. The lowest BCUT2D eigenvalue weighted by atomic mass is 9.43.